The molecule has 1 amide bonds. The van der Waals surface area contributed by atoms with Gasteiger partial charge < -0.3 is 10.0 Å². The Morgan fingerprint density at radius 1 is 1.50 bits per heavy atom. The minimum absolute atomic E-state index is 0.00743. The fourth-order valence-corrected chi connectivity index (χ4v) is 3.62. The maximum Gasteiger partial charge on any atom is 0.311 e. The van der Waals surface area contributed by atoms with Crippen LogP contribution in [-0.2, 0) is 16.0 Å². The zero-order chi connectivity index (χ0) is 14.2. The van der Waals surface area contributed by atoms with Gasteiger partial charge in [0.2, 0.25) is 5.91 Å². The van der Waals surface area contributed by atoms with Crippen molar-refractivity contribution in [3.8, 4) is 0 Å². The molecule has 2 aliphatic rings. The van der Waals surface area contributed by atoms with Crippen LogP contribution in [0.25, 0.3) is 0 Å². The first-order valence-corrected chi connectivity index (χ1v) is 7.02. The third-order valence-electron chi connectivity index (χ3n) is 4.73. The zero-order valence-electron chi connectivity index (χ0n) is 11.3. The molecule has 20 heavy (non-hydrogen) atoms. The maximum absolute atomic E-state index is 12.3. The number of carbonyl (C=O) groups is 2. The molecule has 1 aliphatic carbocycles. The molecule has 2 heterocycles. The van der Waals surface area contributed by atoms with E-state index in [1.807, 2.05) is 6.07 Å². The van der Waals surface area contributed by atoms with Crippen LogP contribution in [-0.4, -0.2) is 40.0 Å². The first-order chi connectivity index (χ1) is 9.62. The van der Waals surface area contributed by atoms with E-state index in [1.165, 1.54) is 0 Å². The van der Waals surface area contributed by atoms with Crippen LogP contribution >= 0.6 is 0 Å². The molecule has 2 fully saturated rings. The molecule has 1 saturated heterocycles. The summed E-state index contributed by atoms with van der Waals surface area (Å²) in [6.07, 6.45) is 6.24. The van der Waals surface area contributed by atoms with E-state index in [1.54, 1.807) is 23.4 Å². The van der Waals surface area contributed by atoms with Crippen LogP contribution < -0.4 is 0 Å². The van der Waals surface area contributed by atoms with Crippen LogP contribution in [0.3, 0.4) is 0 Å². The van der Waals surface area contributed by atoms with Crippen molar-refractivity contribution in [3.63, 3.8) is 0 Å². The van der Waals surface area contributed by atoms with Gasteiger partial charge in [0.15, 0.2) is 0 Å². The predicted octanol–water partition coefficient (Wildman–Crippen LogP) is 1.34. The maximum atomic E-state index is 12.3. The number of aliphatic carboxylic acids is 1. The number of hydrogen-bond donors (Lipinski definition) is 1. The van der Waals surface area contributed by atoms with Crippen LogP contribution in [0.4, 0.5) is 0 Å². The standard InChI is InChI=1S/C15H18N2O3/c18-13(7-11-3-2-6-16-8-11)17-9-12-4-1-5-15(12,10-17)14(19)20/h2-3,6,8,12H,1,4-5,7,9-10H2,(H,19,20)/t12-,15+/m0/s1. The molecule has 1 aromatic heterocycles. The van der Waals surface area contributed by atoms with Gasteiger partial charge in [-0.15, -0.1) is 0 Å². The molecule has 5 nitrogen and oxygen atoms in total. The van der Waals surface area contributed by atoms with Crippen LogP contribution in [0.15, 0.2) is 24.5 Å². The molecule has 0 bridgehead atoms. The van der Waals surface area contributed by atoms with Crippen molar-refractivity contribution >= 4 is 11.9 Å². The van der Waals surface area contributed by atoms with Crippen LogP contribution in [0.5, 0.6) is 0 Å². The normalized spacial score (nSPS) is 28.4. The third-order valence-corrected chi connectivity index (χ3v) is 4.73. The minimum atomic E-state index is -0.739. The van der Waals surface area contributed by atoms with E-state index < -0.39 is 11.4 Å². The SMILES string of the molecule is O=C(Cc1cccnc1)N1C[C@@H]2CCC[C@@]2(C(=O)O)C1. The summed E-state index contributed by atoms with van der Waals surface area (Å²) in [5.74, 6) is -0.609. The Balaban J connectivity index is 1.71. The number of pyridine rings is 1. The number of rotatable bonds is 3. The third kappa shape index (κ3) is 2.07. The predicted molar refractivity (Wildman–Crippen MR) is 71.9 cm³/mol. The van der Waals surface area contributed by atoms with E-state index in [9.17, 15) is 14.7 Å². The summed E-state index contributed by atoms with van der Waals surface area (Å²) in [5.41, 5.74) is 0.184. The van der Waals surface area contributed by atoms with Gasteiger partial charge in [0.05, 0.1) is 11.8 Å². The van der Waals surface area contributed by atoms with E-state index in [0.29, 0.717) is 25.9 Å². The number of nitrogens with zero attached hydrogens (tertiary/aromatic N) is 2. The molecule has 1 aliphatic heterocycles. The summed E-state index contributed by atoms with van der Waals surface area (Å²) in [6.45, 7) is 0.956. The fraction of sp³-hybridized carbons (Fsp3) is 0.533. The molecule has 5 heteroatoms. The molecule has 1 saturated carbocycles. The van der Waals surface area contributed by atoms with Gasteiger partial charge >= 0.3 is 5.97 Å². The monoisotopic (exact) mass is 274 g/mol. The number of carboxylic acid groups (broad SMARTS) is 1. The number of hydrogen-bond acceptors (Lipinski definition) is 3. The van der Waals surface area contributed by atoms with Gasteiger partial charge in [-0.1, -0.05) is 12.5 Å². The highest BCUT2D eigenvalue weighted by molar-refractivity contribution is 5.82. The van der Waals surface area contributed by atoms with E-state index in [0.717, 1.165) is 18.4 Å². The van der Waals surface area contributed by atoms with Crippen molar-refractivity contribution in [1.82, 2.24) is 9.88 Å². The summed E-state index contributed by atoms with van der Waals surface area (Å²) in [7, 11) is 0. The highest BCUT2D eigenvalue weighted by Gasteiger charge is 2.55. The van der Waals surface area contributed by atoms with Crippen molar-refractivity contribution in [2.45, 2.75) is 25.7 Å². The number of aromatic nitrogens is 1. The molecular weight excluding hydrogens is 256 g/mol. The Bertz CT molecular complexity index is 531. The average Bonchev–Trinajstić information content (AvgIpc) is 2.97. The van der Waals surface area contributed by atoms with Crippen molar-refractivity contribution in [2.24, 2.45) is 11.3 Å². The fourth-order valence-electron chi connectivity index (χ4n) is 3.62. The van der Waals surface area contributed by atoms with Gasteiger partial charge in [-0.2, -0.15) is 0 Å². The number of amides is 1. The molecule has 1 aromatic rings. The number of carbonyl (C=O) groups excluding carboxylic acids is 1. The molecule has 0 spiro atoms. The molecule has 106 valence electrons. The number of fused-ring (bicyclic) bond motifs is 1. The summed E-state index contributed by atoms with van der Waals surface area (Å²) in [4.78, 5) is 29.6. The lowest BCUT2D eigenvalue weighted by Gasteiger charge is -2.23. The number of carboxylic acids is 1. The largest absolute Gasteiger partial charge is 0.481 e. The van der Waals surface area contributed by atoms with Gasteiger partial charge in [0.25, 0.3) is 0 Å². The van der Waals surface area contributed by atoms with E-state index in [4.69, 9.17) is 0 Å². The smallest absolute Gasteiger partial charge is 0.311 e. The molecule has 0 aromatic carbocycles. The lowest BCUT2D eigenvalue weighted by Crippen LogP contribution is -2.37. The van der Waals surface area contributed by atoms with Gasteiger partial charge in [-0.3, -0.25) is 14.6 Å². The summed E-state index contributed by atoms with van der Waals surface area (Å²) >= 11 is 0. The Kier molecular flexibility index (Phi) is 3.20. The van der Waals surface area contributed by atoms with E-state index in [-0.39, 0.29) is 11.8 Å². The molecular formula is C15H18N2O3. The summed E-state index contributed by atoms with van der Waals surface area (Å²) in [5, 5.41) is 9.52. The molecule has 0 radical (unpaired) electrons. The Morgan fingerprint density at radius 3 is 3.00 bits per heavy atom. The second-order valence-corrected chi connectivity index (χ2v) is 5.86. The van der Waals surface area contributed by atoms with Crippen molar-refractivity contribution in [2.75, 3.05) is 13.1 Å². The highest BCUT2D eigenvalue weighted by Crippen LogP contribution is 2.48. The minimum Gasteiger partial charge on any atom is -0.481 e. The van der Waals surface area contributed by atoms with Crippen LogP contribution in [0.1, 0.15) is 24.8 Å². The van der Waals surface area contributed by atoms with Crippen LogP contribution in [0, 0.1) is 11.3 Å². The second kappa shape index (κ2) is 4.89. The first-order valence-electron chi connectivity index (χ1n) is 7.02. The molecule has 3 rings (SSSR count). The van der Waals surface area contributed by atoms with Crippen molar-refractivity contribution < 1.29 is 14.7 Å². The second-order valence-electron chi connectivity index (χ2n) is 5.86. The topological polar surface area (TPSA) is 70.5 Å². The van der Waals surface area contributed by atoms with Gasteiger partial charge in [-0.05, 0) is 30.4 Å². The van der Waals surface area contributed by atoms with Gasteiger partial charge in [-0.25, -0.2) is 0 Å². The highest BCUT2D eigenvalue weighted by atomic mass is 16.4. The molecule has 1 N–H and O–H groups in total. The van der Waals surface area contributed by atoms with Gasteiger partial charge in [0, 0.05) is 25.5 Å². The van der Waals surface area contributed by atoms with Gasteiger partial charge in [0.1, 0.15) is 0 Å². The quantitative estimate of drug-likeness (QED) is 0.903. The Hall–Kier alpha value is -1.91. The first kappa shape index (κ1) is 13.1. The van der Waals surface area contributed by atoms with Crippen molar-refractivity contribution in [3.05, 3.63) is 30.1 Å². The van der Waals surface area contributed by atoms with E-state index in [2.05, 4.69) is 4.98 Å². The lowest BCUT2D eigenvalue weighted by molar-refractivity contribution is -0.149. The molecule has 0 unspecified atom stereocenters. The van der Waals surface area contributed by atoms with E-state index >= 15 is 0 Å². The Morgan fingerprint density at radius 2 is 2.35 bits per heavy atom. The summed E-state index contributed by atoms with van der Waals surface area (Å²) < 4.78 is 0. The Labute approximate surface area is 117 Å². The molecule has 2 atom stereocenters. The lowest BCUT2D eigenvalue weighted by atomic mass is 9.81. The number of likely N-dealkylation sites (tertiary alicyclic amines) is 1. The average molecular weight is 274 g/mol. The summed E-state index contributed by atoms with van der Waals surface area (Å²) in [6, 6.07) is 3.68. The van der Waals surface area contributed by atoms with Crippen molar-refractivity contribution in [1.29, 1.82) is 0 Å². The zero-order valence-corrected chi connectivity index (χ0v) is 11.3. The van der Waals surface area contributed by atoms with Crippen LogP contribution in [0.2, 0.25) is 0 Å².